The van der Waals surface area contributed by atoms with E-state index in [9.17, 15) is 5.02 Å². The summed E-state index contributed by atoms with van der Waals surface area (Å²) in [6.07, 6.45) is 0.248. The van der Waals surface area contributed by atoms with E-state index in [4.69, 9.17) is 28.6 Å². The zero-order valence-corrected chi connectivity index (χ0v) is 35.3. The lowest BCUT2D eigenvalue weighted by atomic mass is 9.76. The van der Waals surface area contributed by atoms with Gasteiger partial charge in [0, 0.05) is 18.5 Å². The molecule has 5 heterocycles. The fraction of sp³-hybridized carbons (Fsp3) is 0.319. The van der Waals surface area contributed by atoms with Gasteiger partial charge in [0.05, 0.1) is 30.6 Å². The van der Waals surface area contributed by atoms with Crippen molar-refractivity contribution in [1.29, 1.82) is 0 Å². The number of ether oxygens (including phenoxy) is 3. The van der Waals surface area contributed by atoms with Gasteiger partial charge in [-0.3, -0.25) is 4.59 Å². The highest BCUT2D eigenvalue weighted by Crippen LogP contribution is 2.41. The molecule has 5 aromatic carbocycles. The third-order valence-electron chi connectivity index (χ3n) is 12.3. The smallest absolute Gasteiger partial charge is 0.431 e. The molecule has 15 heteroatoms. The molecule has 12 nitrogen and oxygen atoms in total. The minimum Gasteiger partial charge on any atom is -0.489 e. The Balaban J connectivity index is 1.05. The van der Waals surface area contributed by atoms with Crippen molar-refractivity contribution in [2.75, 3.05) is 17.7 Å². The predicted octanol–water partition coefficient (Wildman–Crippen LogP) is 6.68. The first-order chi connectivity index (χ1) is 30.2. The Morgan fingerprint density at radius 1 is 0.726 bits per heavy atom. The van der Waals surface area contributed by atoms with Gasteiger partial charge < -0.3 is 43.1 Å². The monoisotopic (exact) mass is 829 g/mol. The molecule has 4 fully saturated rings. The third-order valence-corrected chi connectivity index (χ3v) is 12.3. The molecular weight excluding hydrogens is 779 g/mol. The largest absolute Gasteiger partial charge is 0.489 e. The van der Waals surface area contributed by atoms with E-state index in [1.807, 2.05) is 127 Å². The number of nitrogens with zero attached hydrogens (tertiary/aromatic N) is 5. The topological polar surface area (TPSA) is 118 Å². The highest BCUT2D eigenvalue weighted by Gasteiger charge is 2.56. The number of benzene rings is 5. The van der Waals surface area contributed by atoms with Crippen molar-refractivity contribution in [1.82, 2.24) is 19.5 Å². The summed E-state index contributed by atoms with van der Waals surface area (Å²) in [5, 5.41) is 16.6. The number of fused-ring (bicyclic) bond motifs is 2. The number of anilines is 1. The van der Waals surface area contributed by atoms with E-state index in [1.165, 1.54) is 0 Å². The molecule has 1 aromatic heterocycles. The van der Waals surface area contributed by atoms with Gasteiger partial charge in [-0.2, -0.15) is 5.10 Å². The van der Waals surface area contributed by atoms with Crippen LogP contribution in [0.3, 0.4) is 0 Å². The van der Waals surface area contributed by atoms with Crippen LogP contribution in [0.1, 0.15) is 41.7 Å². The Morgan fingerprint density at radius 3 is 1.74 bits per heavy atom. The number of urea groups is 1. The van der Waals surface area contributed by atoms with Gasteiger partial charge in [-0.25, -0.2) is 4.79 Å². The Labute approximate surface area is 363 Å². The summed E-state index contributed by atoms with van der Waals surface area (Å²) in [4.78, 5) is 19.8. The van der Waals surface area contributed by atoms with E-state index >= 15 is 4.79 Å². The first-order valence-corrected chi connectivity index (χ1v) is 21.6. The van der Waals surface area contributed by atoms with Gasteiger partial charge >= 0.3 is 27.2 Å². The van der Waals surface area contributed by atoms with Crippen LogP contribution < -0.4 is 9.46 Å². The third kappa shape index (κ3) is 8.60. The second kappa shape index (κ2) is 17.0. The van der Waals surface area contributed by atoms with E-state index < -0.39 is 25.0 Å². The maximum atomic E-state index is 15.8. The predicted molar refractivity (Wildman–Crippen MR) is 240 cm³/mol. The Bertz CT molecular complexity index is 2480. The Kier molecular flexibility index (Phi) is 11.1. The van der Waals surface area contributed by atoms with Crippen LogP contribution in [0.15, 0.2) is 133 Å². The summed E-state index contributed by atoms with van der Waals surface area (Å²) >= 11 is 0. The highest BCUT2D eigenvalue weighted by molar-refractivity contribution is 6.84. The number of carbonyl (C=O) groups is 1. The van der Waals surface area contributed by atoms with Crippen LogP contribution in [0.5, 0.6) is 5.75 Å². The Morgan fingerprint density at radius 2 is 1.23 bits per heavy atom. The van der Waals surface area contributed by atoms with Gasteiger partial charge in [0.15, 0.2) is 5.79 Å². The van der Waals surface area contributed by atoms with Gasteiger partial charge in [-0.05, 0) is 85.6 Å². The second-order valence-corrected chi connectivity index (χ2v) is 17.3. The van der Waals surface area contributed by atoms with Crippen molar-refractivity contribution in [2.45, 2.75) is 83.3 Å². The molecule has 4 atom stereocenters. The van der Waals surface area contributed by atoms with Crippen LogP contribution in [0.4, 0.5) is 10.6 Å². The summed E-state index contributed by atoms with van der Waals surface area (Å²) in [5.41, 5.74) is 5.97. The Hall–Kier alpha value is -5.57. The summed E-state index contributed by atoms with van der Waals surface area (Å²) in [5.74, 6) is 0.552. The van der Waals surface area contributed by atoms with Gasteiger partial charge in [0.25, 0.3) is 0 Å². The van der Waals surface area contributed by atoms with Gasteiger partial charge in [-0.1, -0.05) is 109 Å². The van der Waals surface area contributed by atoms with Gasteiger partial charge in [0.1, 0.15) is 30.4 Å². The lowest BCUT2D eigenvalue weighted by Gasteiger charge is -2.37. The van der Waals surface area contributed by atoms with Crippen LogP contribution in [-0.4, -0.2) is 94.8 Å². The van der Waals surface area contributed by atoms with Crippen molar-refractivity contribution >= 4 is 43.9 Å². The number of hydrogen-bond acceptors (Lipinski definition) is 9. The molecular formula is C47H50B3N5O7. The summed E-state index contributed by atoms with van der Waals surface area (Å²) in [6.45, 7) is 7.91. The SMILES string of the molecule is CB(O)n1nc(N(B2CO2)B2CO2)c2cc(CN3C(=O)N(Cc4ccc(OCc5ccccc5)cc4)[C@H](Cc4ccccc4)[C@@H]4OC(C)(C)O[C@H]4[C@H]3Cc3ccccc3)ccc21. The number of hydrogen-bond donors (Lipinski definition) is 1. The minimum atomic E-state index is -0.892. The summed E-state index contributed by atoms with van der Waals surface area (Å²) in [6, 6.07) is 44.1. The van der Waals surface area contributed by atoms with E-state index in [0.717, 1.165) is 44.5 Å². The molecule has 62 heavy (non-hydrogen) atoms. The zero-order chi connectivity index (χ0) is 42.4. The first-order valence-electron chi connectivity index (χ1n) is 21.6. The van der Waals surface area contributed by atoms with Crippen molar-refractivity contribution in [3.05, 3.63) is 161 Å². The molecule has 6 aromatic rings. The van der Waals surface area contributed by atoms with E-state index in [0.29, 0.717) is 51.4 Å². The van der Waals surface area contributed by atoms with Crippen LogP contribution in [0.2, 0.25) is 6.82 Å². The average Bonchev–Trinajstić information content (AvgIpc) is 4.23. The zero-order valence-electron chi connectivity index (χ0n) is 35.3. The fourth-order valence-corrected chi connectivity index (χ4v) is 9.19. The van der Waals surface area contributed by atoms with Crippen LogP contribution in [0.25, 0.3) is 10.9 Å². The average molecular weight is 829 g/mol. The molecule has 1 N–H and O–H groups in total. The quantitative estimate of drug-likeness (QED) is 0.0895. The second-order valence-electron chi connectivity index (χ2n) is 17.3. The standard InChI is InChI=1S/C47H50B3N5O7/c1-47(2)61-43-41(26-33-13-7-4-8-14-33)52(28-35-19-22-38(23-20-35)58-30-36-17-11-6-12-18-36)46(56)53(42(44(43)62-47)27-34-15-9-5-10-16-34)29-37-21-24-40-39(25-37)45(51-55(40)48(3)57)54(49-31-59-49)50-32-60-50/h4-25,41-44,57H,26-32H2,1-3H3/t41-,42-,43+,44+/m1/s1. The number of aromatic nitrogens is 2. The molecule has 0 radical (unpaired) electrons. The molecule has 0 aliphatic carbocycles. The summed E-state index contributed by atoms with van der Waals surface area (Å²) < 4.78 is 35.2. The lowest BCUT2D eigenvalue weighted by molar-refractivity contribution is -0.157. The number of rotatable bonds is 15. The number of carbonyl (C=O) groups excluding carboxylic acids is 1. The van der Waals surface area contributed by atoms with Crippen LogP contribution in [-0.2, 0) is 51.3 Å². The molecule has 10 rings (SSSR count). The molecule has 0 bridgehead atoms. The highest BCUT2D eigenvalue weighted by atomic mass is 16.8. The normalized spacial score (nSPS) is 21.5. The van der Waals surface area contributed by atoms with E-state index in [1.54, 1.807) is 11.4 Å². The van der Waals surface area contributed by atoms with E-state index in [2.05, 4.69) is 35.1 Å². The van der Waals surface area contributed by atoms with E-state index in [-0.39, 0.29) is 32.2 Å². The molecule has 4 saturated heterocycles. The van der Waals surface area contributed by atoms with Crippen LogP contribution in [0, 0.1) is 0 Å². The van der Waals surface area contributed by atoms with Crippen LogP contribution >= 0.6 is 0 Å². The summed E-state index contributed by atoms with van der Waals surface area (Å²) in [7, 11) is -1.15. The molecule has 0 unspecified atom stereocenters. The molecule has 314 valence electrons. The maximum absolute atomic E-state index is 15.8. The lowest BCUT2D eigenvalue weighted by Crippen LogP contribution is -2.51. The number of amides is 2. The van der Waals surface area contributed by atoms with Crippen molar-refractivity contribution in [3.63, 3.8) is 0 Å². The first kappa shape index (κ1) is 40.5. The molecule has 4 aliphatic rings. The van der Waals surface area contributed by atoms with Gasteiger partial charge in [0.2, 0.25) is 0 Å². The van der Waals surface area contributed by atoms with Crippen molar-refractivity contribution in [3.8, 4) is 5.75 Å². The van der Waals surface area contributed by atoms with Crippen molar-refractivity contribution < 1.29 is 33.3 Å². The van der Waals surface area contributed by atoms with Crippen molar-refractivity contribution in [2.24, 2.45) is 0 Å². The maximum Gasteiger partial charge on any atom is 0.431 e. The molecule has 0 saturated carbocycles. The van der Waals surface area contributed by atoms with Gasteiger partial charge in [-0.15, -0.1) is 0 Å². The fourth-order valence-electron chi connectivity index (χ4n) is 9.19. The molecule has 2 amide bonds. The minimum absolute atomic E-state index is 0.102. The molecule has 0 spiro atoms. The molecule has 4 aliphatic heterocycles.